The Labute approximate surface area is 175 Å². The minimum absolute atomic E-state index is 0.125. The lowest BCUT2D eigenvalue weighted by Gasteiger charge is -2.36. The highest BCUT2D eigenvalue weighted by Gasteiger charge is 2.36. The van der Waals surface area contributed by atoms with Crippen LogP contribution in [0.3, 0.4) is 0 Å². The number of fused-ring (bicyclic) bond motifs is 1. The Hall–Kier alpha value is -1.93. The van der Waals surface area contributed by atoms with E-state index in [-0.39, 0.29) is 24.0 Å². The molecule has 29 heavy (non-hydrogen) atoms. The van der Waals surface area contributed by atoms with Crippen LogP contribution < -0.4 is 10.6 Å². The van der Waals surface area contributed by atoms with Gasteiger partial charge < -0.3 is 20.5 Å². The maximum absolute atomic E-state index is 12.9. The molecule has 1 atom stereocenters. The average Bonchev–Trinajstić information content (AvgIpc) is 3.39. The molecular weight excluding hydrogens is 392 g/mol. The number of hydrogen-bond donors (Lipinski definition) is 3. The Bertz CT molecular complexity index is 797. The van der Waals surface area contributed by atoms with Crippen LogP contribution in [0.5, 0.6) is 0 Å². The Balaban J connectivity index is 1.80. The molecule has 1 saturated carbocycles. The smallest absolute Gasteiger partial charge is 0.329 e. The van der Waals surface area contributed by atoms with Crippen molar-refractivity contribution in [1.82, 2.24) is 5.32 Å². The number of carboxylic acids is 1. The fourth-order valence-electron chi connectivity index (χ4n) is 3.75. The van der Waals surface area contributed by atoms with E-state index in [4.69, 9.17) is 9.84 Å². The van der Waals surface area contributed by atoms with Crippen molar-refractivity contribution in [2.45, 2.75) is 65.3 Å². The molecule has 0 saturated heterocycles. The van der Waals surface area contributed by atoms with Crippen LogP contribution in [0.1, 0.15) is 67.3 Å². The summed E-state index contributed by atoms with van der Waals surface area (Å²) in [5.74, 6) is -1.16. The number of nitrogens with one attached hydrogen (secondary N) is 2. The van der Waals surface area contributed by atoms with E-state index in [9.17, 15) is 14.4 Å². The summed E-state index contributed by atoms with van der Waals surface area (Å²) in [7, 11) is 0. The fraction of sp³-hybridized carbons (Fsp3) is 0.667. The van der Waals surface area contributed by atoms with Gasteiger partial charge in [0.25, 0.3) is 11.8 Å². The molecule has 3 rings (SSSR count). The van der Waals surface area contributed by atoms with E-state index < -0.39 is 18.5 Å². The summed E-state index contributed by atoms with van der Waals surface area (Å²) in [6.07, 6.45) is 5.86. The van der Waals surface area contributed by atoms with E-state index in [0.717, 1.165) is 44.1 Å². The zero-order chi connectivity index (χ0) is 21.2. The lowest BCUT2D eigenvalue weighted by atomic mass is 9.69. The van der Waals surface area contributed by atoms with Crippen molar-refractivity contribution < 1.29 is 24.2 Å². The van der Waals surface area contributed by atoms with E-state index in [1.807, 2.05) is 0 Å². The van der Waals surface area contributed by atoms with E-state index in [0.29, 0.717) is 16.5 Å². The van der Waals surface area contributed by atoms with Crippen molar-refractivity contribution in [2.75, 3.05) is 18.5 Å². The maximum Gasteiger partial charge on any atom is 0.329 e. The predicted octanol–water partition coefficient (Wildman–Crippen LogP) is 3.22. The molecule has 1 heterocycles. The molecule has 0 radical (unpaired) electrons. The lowest BCUT2D eigenvalue weighted by molar-refractivity contribution is -0.143. The molecule has 3 N–H and O–H groups in total. The second-order valence-corrected chi connectivity index (χ2v) is 9.78. The number of anilines is 1. The van der Waals surface area contributed by atoms with Crippen molar-refractivity contribution >= 4 is 34.1 Å². The number of amides is 2. The Morgan fingerprint density at radius 2 is 1.93 bits per heavy atom. The molecule has 2 aliphatic rings. The summed E-state index contributed by atoms with van der Waals surface area (Å²) >= 11 is 1.47. The largest absolute Gasteiger partial charge is 0.480 e. The van der Waals surface area contributed by atoms with E-state index in [1.54, 1.807) is 0 Å². The molecule has 0 spiro atoms. The average molecular weight is 423 g/mol. The number of carboxylic acid groups (broad SMARTS) is 1. The molecule has 0 bridgehead atoms. The number of carbonyl (C=O) groups excluding carboxylic acids is 2. The number of carbonyl (C=O) groups is 3. The minimum Gasteiger partial charge on any atom is -0.480 e. The van der Waals surface area contributed by atoms with Gasteiger partial charge in [-0.25, -0.2) is 4.79 Å². The van der Waals surface area contributed by atoms with Crippen molar-refractivity contribution in [3.63, 3.8) is 0 Å². The van der Waals surface area contributed by atoms with Gasteiger partial charge in [-0.1, -0.05) is 27.2 Å². The van der Waals surface area contributed by atoms with Crippen LogP contribution in [0.4, 0.5) is 5.00 Å². The third-order valence-corrected chi connectivity index (χ3v) is 7.30. The fourth-order valence-corrected chi connectivity index (χ4v) is 5.09. The van der Waals surface area contributed by atoms with Crippen LogP contribution in [0.25, 0.3) is 0 Å². The molecule has 0 unspecified atom stereocenters. The van der Waals surface area contributed by atoms with Crippen LogP contribution in [-0.2, 0) is 27.2 Å². The van der Waals surface area contributed by atoms with Crippen LogP contribution in [0.15, 0.2) is 0 Å². The summed E-state index contributed by atoms with van der Waals surface area (Å²) < 4.78 is 4.87. The van der Waals surface area contributed by atoms with Gasteiger partial charge in [-0.2, -0.15) is 0 Å². The molecule has 8 heteroatoms. The highest BCUT2D eigenvalue weighted by atomic mass is 32.1. The SMILES string of the molecule is CCC(C)(C)[C@@H]1CCc2c(sc(NC(=O)COCC(=O)O)c2C(=O)NC2CC2)C1. The van der Waals surface area contributed by atoms with Gasteiger partial charge in [0.1, 0.15) is 18.2 Å². The maximum atomic E-state index is 12.9. The standard InChI is InChI=1S/C21H30N2O5S/c1-4-21(2,3)12-5-8-14-15(9-12)29-20(18(14)19(27)22-13-6-7-13)23-16(24)10-28-11-17(25)26/h12-13H,4-11H2,1-3H3,(H,22,27)(H,23,24)(H,25,26)/t12-/m1/s1. The van der Waals surface area contributed by atoms with Crippen molar-refractivity contribution in [2.24, 2.45) is 11.3 Å². The molecule has 0 aliphatic heterocycles. The molecule has 2 amide bonds. The van der Waals surface area contributed by atoms with Gasteiger partial charge >= 0.3 is 5.97 Å². The summed E-state index contributed by atoms with van der Waals surface area (Å²) in [6, 6.07) is 0.232. The zero-order valence-corrected chi connectivity index (χ0v) is 18.1. The first kappa shape index (κ1) is 21.8. The Morgan fingerprint density at radius 1 is 1.21 bits per heavy atom. The molecule has 0 aromatic carbocycles. The molecule has 1 fully saturated rings. The molecule has 7 nitrogen and oxygen atoms in total. The van der Waals surface area contributed by atoms with Crippen LogP contribution in [0.2, 0.25) is 0 Å². The summed E-state index contributed by atoms with van der Waals surface area (Å²) in [4.78, 5) is 36.9. The first-order chi connectivity index (χ1) is 13.7. The van der Waals surface area contributed by atoms with Crippen molar-refractivity contribution in [1.29, 1.82) is 0 Å². The second-order valence-electron chi connectivity index (χ2n) is 8.67. The van der Waals surface area contributed by atoms with E-state index in [2.05, 4.69) is 31.4 Å². The van der Waals surface area contributed by atoms with Crippen LogP contribution in [0, 0.1) is 11.3 Å². The first-order valence-electron chi connectivity index (χ1n) is 10.3. The summed E-state index contributed by atoms with van der Waals surface area (Å²) in [5, 5.41) is 15.0. The second kappa shape index (κ2) is 8.83. The highest BCUT2D eigenvalue weighted by molar-refractivity contribution is 7.17. The van der Waals surface area contributed by atoms with Crippen molar-refractivity contribution in [3.8, 4) is 0 Å². The molecule has 1 aromatic rings. The lowest BCUT2D eigenvalue weighted by Crippen LogP contribution is -2.30. The van der Waals surface area contributed by atoms with Gasteiger partial charge in [-0.15, -0.1) is 11.3 Å². The quantitative estimate of drug-likeness (QED) is 0.567. The van der Waals surface area contributed by atoms with E-state index >= 15 is 0 Å². The number of hydrogen-bond acceptors (Lipinski definition) is 5. The van der Waals surface area contributed by atoms with Crippen LogP contribution >= 0.6 is 11.3 Å². The minimum atomic E-state index is -1.13. The topological polar surface area (TPSA) is 105 Å². The normalized spacial score (nSPS) is 18.8. The van der Waals surface area contributed by atoms with Gasteiger partial charge in [-0.05, 0) is 49.0 Å². The monoisotopic (exact) mass is 422 g/mol. The molecule has 160 valence electrons. The van der Waals surface area contributed by atoms with Gasteiger partial charge in [0, 0.05) is 10.9 Å². The Morgan fingerprint density at radius 3 is 2.55 bits per heavy atom. The third-order valence-electron chi connectivity index (χ3n) is 6.13. The van der Waals surface area contributed by atoms with Crippen LogP contribution in [-0.4, -0.2) is 42.1 Å². The van der Waals surface area contributed by atoms with Gasteiger partial charge in [0.2, 0.25) is 0 Å². The van der Waals surface area contributed by atoms with Crippen molar-refractivity contribution in [3.05, 3.63) is 16.0 Å². The van der Waals surface area contributed by atoms with Gasteiger partial charge in [0.05, 0.1) is 5.56 Å². The third kappa shape index (κ3) is 5.36. The van der Waals surface area contributed by atoms with E-state index in [1.165, 1.54) is 16.2 Å². The van der Waals surface area contributed by atoms with Gasteiger partial charge in [0.15, 0.2) is 0 Å². The number of rotatable bonds is 9. The molecule has 2 aliphatic carbocycles. The predicted molar refractivity (Wildman–Crippen MR) is 111 cm³/mol. The molecule has 1 aromatic heterocycles. The number of thiophene rings is 1. The van der Waals surface area contributed by atoms with Gasteiger partial charge in [-0.3, -0.25) is 9.59 Å². The number of aliphatic carboxylic acids is 1. The highest BCUT2D eigenvalue weighted by Crippen LogP contribution is 2.45. The summed E-state index contributed by atoms with van der Waals surface area (Å²) in [5.41, 5.74) is 1.86. The zero-order valence-electron chi connectivity index (χ0n) is 17.3. The summed E-state index contributed by atoms with van der Waals surface area (Å²) in [6.45, 7) is 5.90. The number of ether oxygens (including phenoxy) is 1. The molecular formula is C21H30N2O5S. The first-order valence-corrected chi connectivity index (χ1v) is 11.1. The Kier molecular flexibility index (Phi) is 6.63.